The van der Waals surface area contributed by atoms with Crippen molar-refractivity contribution >= 4 is 50.4 Å². The predicted molar refractivity (Wildman–Crippen MR) is 90.8 cm³/mol. The molecule has 0 saturated carbocycles. The molecular weight excluding hydrogens is 347 g/mol. The van der Waals surface area contributed by atoms with E-state index in [0.29, 0.717) is 0 Å². The molecule has 2 nitrogen and oxygen atoms in total. The Morgan fingerprint density at radius 1 is 0.842 bits per heavy atom. The molecule has 0 bridgehead atoms. The third-order valence-corrected chi connectivity index (χ3v) is 3.71. The van der Waals surface area contributed by atoms with Crippen molar-refractivity contribution in [3.63, 3.8) is 0 Å². The SMILES string of the molecule is Nc1cc(I)ccc1Nc1ccc2ccccc2c1. The van der Waals surface area contributed by atoms with Gasteiger partial charge in [0.2, 0.25) is 0 Å². The van der Waals surface area contributed by atoms with Crippen LogP contribution in [-0.2, 0) is 0 Å². The molecule has 0 amide bonds. The van der Waals surface area contributed by atoms with E-state index < -0.39 is 0 Å². The average molecular weight is 360 g/mol. The summed E-state index contributed by atoms with van der Waals surface area (Å²) in [6.45, 7) is 0. The van der Waals surface area contributed by atoms with E-state index in [1.165, 1.54) is 10.8 Å². The number of nitrogen functional groups attached to an aromatic ring is 1. The first kappa shape index (κ1) is 12.3. The van der Waals surface area contributed by atoms with Gasteiger partial charge in [0.15, 0.2) is 0 Å². The van der Waals surface area contributed by atoms with Crippen LogP contribution in [0, 0.1) is 3.57 Å². The molecule has 0 aliphatic heterocycles. The fourth-order valence-corrected chi connectivity index (χ4v) is 2.59. The molecule has 0 atom stereocenters. The van der Waals surface area contributed by atoms with Gasteiger partial charge in [-0.05, 0) is 63.7 Å². The molecule has 0 aliphatic carbocycles. The Morgan fingerprint density at radius 2 is 1.63 bits per heavy atom. The molecular formula is C16H13IN2. The van der Waals surface area contributed by atoms with Crippen LogP contribution in [-0.4, -0.2) is 0 Å². The Bertz CT molecular complexity index is 738. The molecule has 94 valence electrons. The lowest BCUT2D eigenvalue weighted by molar-refractivity contribution is 1.54. The predicted octanol–water partition coefficient (Wildman–Crippen LogP) is 4.77. The molecule has 3 rings (SSSR count). The standard InChI is InChI=1S/C16H13IN2/c17-13-6-8-16(15(18)10-13)19-14-7-5-11-3-1-2-4-12(11)9-14/h1-10,19H,18H2. The summed E-state index contributed by atoms with van der Waals surface area (Å²) in [5.74, 6) is 0. The largest absolute Gasteiger partial charge is 0.397 e. The molecule has 0 aromatic heterocycles. The van der Waals surface area contributed by atoms with E-state index in [4.69, 9.17) is 5.73 Å². The van der Waals surface area contributed by atoms with Crippen molar-refractivity contribution < 1.29 is 0 Å². The maximum atomic E-state index is 6.01. The van der Waals surface area contributed by atoms with Crippen molar-refractivity contribution in [2.24, 2.45) is 0 Å². The van der Waals surface area contributed by atoms with Crippen LogP contribution in [0.1, 0.15) is 0 Å². The fraction of sp³-hybridized carbons (Fsp3) is 0. The highest BCUT2D eigenvalue weighted by molar-refractivity contribution is 14.1. The van der Waals surface area contributed by atoms with Crippen LogP contribution in [0.2, 0.25) is 0 Å². The van der Waals surface area contributed by atoms with Crippen LogP contribution in [0.25, 0.3) is 10.8 Å². The van der Waals surface area contributed by atoms with Crippen LogP contribution in [0.5, 0.6) is 0 Å². The molecule has 0 heterocycles. The fourth-order valence-electron chi connectivity index (χ4n) is 2.07. The molecule has 3 aromatic rings. The normalized spacial score (nSPS) is 10.6. The monoisotopic (exact) mass is 360 g/mol. The van der Waals surface area contributed by atoms with Crippen molar-refractivity contribution in [1.82, 2.24) is 0 Å². The molecule has 0 saturated heterocycles. The van der Waals surface area contributed by atoms with Gasteiger partial charge in [0.25, 0.3) is 0 Å². The molecule has 0 fully saturated rings. The van der Waals surface area contributed by atoms with Crippen LogP contribution in [0.4, 0.5) is 17.1 Å². The van der Waals surface area contributed by atoms with Gasteiger partial charge in [-0.2, -0.15) is 0 Å². The molecule has 0 spiro atoms. The summed E-state index contributed by atoms with van der Waals surface area (Å²) in [6.07, 6.45) is 0. The number of nitrogens with one attached hydrogen (secondary N) is 1. The van der Waals surface area contributed by atoms with Gasteiger partial charge in [-0.15, -0.1) is 0 Å². The summed E-state index contributed by atoms with van der Waals surface area (Å²) < 4.78 is 1.14. The van der Waals surface area contributed by atoms with E-state index in [0.717, 1.165) is 20.6 Å². The number of fused-ring (bicyclic) bond motifs is 1. The number of nitrogens with two attached hydrogens (primary N) is 1. The second-order valence-corrected chi connectivity index (χ2v) is 5.66. The molecule has 0 radical (unpaired) electrons. The summed E-state index contributed by atoms with van der Waals surface area (Å²) >= 11 is 2.26. The summed E-state index contributed by atoms with van der Waals surface area (Å²) in [7, 11) is 0. The molecule has 3 heteroatoms. The van der Waals surface area contributed by atoms with Gasteiger partial charge in [0.1, 0.15) is 0 Å². The minimum Gasteiger partial charge on any atom is -0.397 e. The lowest BCUT2D eigenvalue weighted by Gasteiger charge is -2.10. The van der Waals surface area contributed by atoms with Crippen molar-refractivity contribution in [3.8, 4) is 0 Å². The molecule has 19 heavy (non-hydrogen) atoms. The van der Waals surface area contributed by atoms with Crippen molar-refractivity contribution in [2.45, 2.75) is 0 Å². The highest BCUT2D eigenvalue weighted by Gasteiger charge is 2.01. The molecule has 0 unspecified atom stereocenters. The summed E-state index contributed by atoms with van der Waals surface area (Å²) in [5, 5.41) is 5.82. The van der Waals surface area contributed by atoms with Gasteiger partial charge in [-0.1, -0.05) is 30.3 Å². The number of benzene rings is 3. The van der Waals surface area contributed by atoms with Gasteiger partial charge >= 0.3 is 0 Å². The Morgan fingerprint density at radius 3 is 2.42 bits per heavy atom. The highest BCUT2D eigenvalue weighted by Crippen LogP contribution is 2.26. The van der Waals surface area contributed by atoms with E-state index in [1.54, 1.807) is 0 Å². The van der Waals surface area contributed by atoms with E-state index in [2.05, 4.69) is 58.2 Å². The summed E-state index contributed by atoms with van der Waals surface area (Å²) in [4.78, 5) is 0. The molecule has 0 aliphatic rings. The lowest BCUT2D eigenvalue weighted by Crippen LogP contribution is -1.96. The van der Waals surface area contributed by atoms with E-state index in [-0.39, 0.29) is 0 Å². The first-order chi connectivity index (χ1) is 9.22. The third kappa shape index (κ3) is 2.66. The number of halogens is 1. The average Bonchev–Trinajstić information content (AvgIpc) is 2.42. The smallest absolute Gasteiger partial charge is 0.0618 e. The van der Waals surface area contributed by atoms with Gasteiger partial charge in [-0.3, -0.25) is 0 Å². The first-order valence-corrected chi connectivity index (χ1v) is 7.11. The number of rotatable bonds is 2. The summed E-state index contributed by atoms with van der Waals surface area (Å²) in [6, 6.07) is 20.6. The van der Waals surface area contributed by atoms with Gasteiger partial charge < -0.3 is 11.1 Å². The van der Waals surface area contributed by atoms with Crippen LogP contribution in [0.3, 0.4) is 0 Å². The minimum absolute atomic E-state index is 0.764. The lowest BCUT2D eigenvalue weighted by atomic mass is 10.1. The minimum atomic E-state index is 0.764. The second-order valence-electron chi connectivity index (χ2n) is 4.42. The zero-order chi connectivity index (χ0) is 13.2. The molecule has 3 N–H and O–H groups in total. The maximum Gasteiger partial charge on any atom is 0.0618 e. The van der Waals surface area contributed by atoms with Gasteiger partial charge in [-0.25, -0.2) is 0 Å². The highest BCUT2D eigenvalue weighted by atomic mass is 127. The van der Waals surface area contributed by atoms with Crippen molar-refractivity contribution in [3.05, 3.63) is 64.2 Å². The van der Waals surface area contributed by atoms with Crippen LogP contribution in [0.15, 0.2) is 60.7 Å². The van der Waals surface area contributed by atoms with Crippen molar-refractivity contribution in [2.75, 3.05) is 11.1 Å². The summed E-state index contributed by atoms with van der Waals surface area (Å²) in [5.41, 5.74) is 8.77. The Labute approximate surface area is 125 Å². The van der Waals surface area contributed by atoms with Gasteiger partial charge in [0.05, 0.1) is 11.4 Å². The topological polar surface area (TPSA) is 38.0 Å². The third-order valence-electron chi connectivity index (χ3n) is 3.04. The van der Waals surface area contributed by atoms with Crippen molar-refractivity contribution in [1.29, 1.82) is 0 Å². The Hall–Kier alpha value is -1.75. The Kier molecular flexibility index (Phi) is 3.29. The van der Waals surface area contributed by atoms with Crippen LogP contribution >= 0.6 is 22.6 Å². The van der Waals surface area contributed by atoms with Crippen LogP contribution < -0.4 is 11.1 Å². The van der Waals surface area contributed by atoms with E-state index >= 15 is 0 Å². The van der Waals surface area contributed by atoms with E-state index in [9.17, 15) is 0 Å². The Balaban J connectivity index is 1.96. The molecule has 3 aromatic carbocycles. The quantitative estimate of drug-likeness (QED) is 0.510. The first-order valence-electron chi connectivity index (χ1n) is 6.03. The van der Waals surface area contributed by atoms with E-state index in [1.807, 2.05) is 30.3 Å². The maximum absolute atomic E-state index is 6.01. The zero-order valence-corrected chi connectivity index (χ0v) is 12.4. The second kappa shape index (κ2) is 5.09. The number of hydrogen-bond donors (Lipinski definition) is 2. The number of hydrogen-bond acceptors (Lipinski definition) is 2. The van der Waals surface area contributed by atoms with Gasteiger partial charge in [0, 0.05) is 9.26 Å². The number of anilines is 3. The zero-order valence-electron chi connectivity index (χ0n) is 10.2.